The molecule has 0 spiro atoms. The van der Waals surface area contributed by atoms with Crippen LogP contribution in [0.4, 0.5) is 0 Å². The van der Waals surface area contributed by atoms with Gasteiger partial charge >= 0.3 is 5.97 Å². The van der Waals surface area contributed by atoms with Gasteiger partial charge in [0.05, 0.1) is 5.41 Å². The molecule has 19 heavy (non-hydrogen) atoms. The summed E-state index contributed by atoms with van der Waals surface area (Å²) in [6, 6.07) is 4.42. The highest BCUT2D eigenvalue weighted by Crippen LogP contribution is 2.45. The van der Waals surface area contributed by atoms with Crippen molar-refractivity contribution >= 4 is 5.97 Å². The molecule has 0 radical (unpaired) electrons. The fourth-order valence-corrected chi connectivity index (χ4v) is 2.76. The molecule has 3 nitrogen and oxygen atoms in total. The maximum absolute atomic E-state index is 11.1. The predicted octanol–water partition coefficient (Wildman–Crippen LogP) is 2.61. The van der Waals surface area contributed by atoms with Gasteiger partial charge in [0.15, 0.2) is 0 Å². The summed E-state index contributed by atoms with van der Waals surface area (Å²) in [5.41, 5.74) is 4.89. The zero-order valence-corrected chi connectivity index (χ0v) is 12.0. The van der Waals surface area contributed by atoms with E-state index in [1.165, 1.54) is 22.3 Å². The average Bonchev–Trinajstić information content (AvgIpc) is 3.07. The van der Waals surface area contributed by atoms with E-state index in [9.17, 15) is 4.79 Å². The van der Waals surface area contributed by atoms with E-state index in [4.69, 9.17) is 5.11 Å². The zero-order chi connectivity index (χ0) is 14.0. The monoisotopic (exact) mass is 261 g/mol. The molecule has 1 fully saturated rings. The Labute approximate surface area is 115 Å². The molecule has 104 valence electrons. The SMILES string of the molecule is Cc1cc(C)c(CCNCC2(C(=O)O)CC2)c(C)c1. The van der Waals surface area contributed by atoms with E-state index in [0.29, 0.717) is 6.54 Å². The molecule has 0 saturated heterocycles. The van der Waals surface area contributed by atoms with Crippen LogP contribution in [0.5, 0.6) is 0 Å². The van der Waals surface area contributed by atoms with E-state index < -0.39 is 11.4 Å². The Balaban J connectivity index is 1.85. The van der Waals surface area contributed by atoms with Crippen molar-refractivity contribution in [3.63, 3.8) is 0 Å². The number of nitrogens with one attached hydrogen (secondary N) is 1. The Morgan fingerprint density at radius 2 is 1.84 bits per heavy atom. The third-order valence-corrected chi connectivity index (χ3v) is 4.16. The molecular weight excluding hydrogens is 238 g/mol. The zero-order valence-electron chi connectivity index (χ0n) is 12.0. The number of benzene rings is 1. The first-order valence-corrected chi connectivity index (χ1v) is 6.95. The van der Waals surface area contributed by atoms with Crippen molar-refractivity contribution in [3.8, 4) is 0 Å². The van der Waals surface area contributed by atoms with Crippen LogP contribution in [0.1, 0.15) is 35.1 Å². The maximum Gasteiger partial charge on any atom is 0.310 e. The summed E-state index contributed by atoms with van der Waals surface area (Å²) in [5, 5.41) is 12.4. The minimum atomic E-state index is -0.650. The molecule has 1 aliphatic carbocycles. The molecule has 1 aromatic carbocycles. The maximum atomic E-state index is 11.1. The predicted molar refractivity (Wildman–Crippen MR) is 76.5 cm³/mol. The van der Waals surface area contributed by atoms with E-state index in [1.807, 2.05) is 0 Å². The number of aliphatic carboxylic acids is 1. The van der Waals surface area contributed by atoms with Gasteiger partial charge in [-0.3, -0.25) is 4.79 Å². The van der Waals surface area contributed by atoms with Gasteiger partial charge in [0.25, 0.3) is 0 Å². The number of carbonyl (C=O) groups is 1. The molecule has 0 bridgehead atoms. The second-order valence-electron chi connectivity index (χ2n) is 5.89. The van der Waals surface area contributed by atoms with E-state index in [-0.39, 0.29) is 0 Å². The molecule has 0 heterocycles. The van der Waals surface area contributed by atoms with Crippen LogP contribution in [-0.4, -0.2) is 24.2 Å². The van der Waals surface area contributed by atoms with Gasteiger partial charge < -0.3 is 10.4 Å². The highest BCUT2D eigenvalue weighted by Gasteiger charge is 2.49. The smallest absolute Gasteiger partial charge is 0.310 e. The summed E-state index contributed by atoms with van der Waals surface area (Å²) in [6.07, 6.45) is 2.60. The van der Waals surface area contributed by atoms with Crippen LogP contribution in [0.2, 0.25) is 0 Å². The van der Waals surface area contributed by atoms with Crippen molar-refractivity contribution in [2.75, 3.05) is 13.1 Å². The summed E-state index contributed by atoms with van der Waals surface area (Å²) in [4.78, 5) is 11.1. The molecule has 0 aliphatic heterocycles. The van der Waals surface area contributed by atoms with Gasteiger partial charge in [-0.1, -0.05) is 17.7 Å². The number of carboxylic acids is 1. The van der Waals surface area contributed by atoms with Crippen LogP contribution >= 0.6 is 0 Å². The lowest BCUT2D eigenvalue weighted by Gasteiger charge is -2.14. The van der Waals surface area contributed by atoms with Gasteiger partial charge in [-0.15, -0.1) is 0 Å². The third kappa shape index (κ3) is 3.16. The summed E-state index contributed by atoms with van der Waals surface area (Å²) in [6.45, 7) is 7.86. The van der Waals surface area contributed by atoms with Gasteiger partial charge in [0, 0.05) is 6.54 Å². The molecule has 3 heteroatoms. The molecule has 2 N–H and O–H groups in total. The number of rotatable bonds is 6. The average molecular weight is 261 g/mol. The standard InChI is InChI=1S/C16H23NO2/c1-11-8-12(2)14(13(3)9-11)4-7-17-10-16(5-6-16)15(18)19/h8-9,17H,4-7,10H2,1-3H3,(H,18,19). The van der Waals surface area contributed by atoms with E-state index in [1.54, 1.807) is 0 Å². The topological polar surface area (TPSA) is 49.3 Å². The number of hydrogen-bond acceptors (Lipinski definition) is 2. The summed E-state index contributed by atoms with van der Waals surface area (Å²) in [5.74, 6) is -0.650. The lowest BCUT2D eigenvalue weighted by molar-refractivity contribution is -0.143. The second kappa shape index (κ2) is 5.33. The first kappa shape index (κ1) is 14.1. The fourth-order valence-electron chi connectivity index (χ4n) is 2.76. The van der Waals surface area contributed by atoms with Crippen LogP contribution in [0.15, 0.2) is 12.1 Å². The minimum absolute atomic E-state index is 0.461. The van der Waals surface area contributed by atoms with Crippen LogP contribution < -0.4 is 5.32 Å². The van der Waals surface area contributed by atoms with Crippen molar-refractivity contribution in [2.45, 2.75) is 40.0 Å². The molecule has 1 aromatic rings. The van der Waals surface area contributed by atoms with Crippen LogP contribution in [0.3, 0.4) is 0 Å². The summed E-state index contributed by atoms with van der Waals surface area (Å²) < 4.78 is 0. The normalized spacial score (nSPS) is 16.4. The quantitative estimate of drug-likeness (QED) is 0.774. The Morgan fingerprint density at radius 1 is 1.26 bits per heavy atom. The van der Waals surface area contributed by atoms with Crippen molar-refractivity contribution in [1.82, 2.24) is 5.32 Å². The minimum Gasteiger partial charge on any atom is -0.481 e. The first-order valence-electron chi connectivity index (χ1n) is 6.95. The van der Waals surface area contributed by atoms with E-state index >= 15 is 0 Å². The van der Waals surface area contributed by atoms with Crippen LogP contribution in [0.25, 0.3) is 0 Å². The molecule has 0 aromatic heterocycles. The van der Waals surface area contributed by atoms with Crippen molar-refractivity contribution in [1.29, 1.82) is 0 Å². The number of aryl methyl sites for hydroxylation is 3. The van der Waals surface area contributed by atoms with Crippen molar-refractivity contribution in [3.05, 3.63) is 34.4 Å². The lowest BCUT2D eigenvalue weighted by atomic mass is 9.97. The molecule has 0 amide bonds. The highest BCUT2D eigenvalue weighted by atomic mass is 16.4. The molecule has 0 unspecified atom stereocenters. The Hall–Kier alpha value is -1.35. The van der Waals surface area contributed by atoms with Gasteiger partial charge in [-0.05, 0) is 63.3 Å². The van der Waals surface area contributed by atoms with E-state index in [0.717, 1.165) is 25.8 Å². The largest absolute Gasteiger partial charge is 0.481 e. The Morgan fingerprint density at radius 3 is 2.32 bits per heavy atom. The van der Waals surface area contributed by atoms with Crippen molar-refractivity contribution < 1.29 is 9.90 Å². The van der Waals surface area contributed by atoms with Gasteiger partial charge in [-0.25, -0.2) is 0 Å². The summed E-state index contributed by atoms with van der Waals surface area (Å²) in [7, 11) is 0. The lowest BCUT2D eigenvalue weighted by Crippen LogP contribution is -2.31. The van der Waals surface area contributed by atoms with Gasteiger partial charge in [-0.2, -0.15) is 0 Å². The number of carboxylic acid groups (broad SMARTS) is 1. The Kier molecular flexibility index (Phi) is 3.95. The van der Waals surface area contributed by atoms with Gasteiger partial charge in [0.1, 0.15) is 0 Å². The second-order valence-corrected chi connectivity index (χ2v) is 5.89. The van der Waals surface area contributed by atoms with Crippen LogP contribution in [-0.2, 0) is 11.2 Å². The highest BCUT2D eigenvalue weighted by molar-refractivity contribution is 5.78. The Bertz CT molecular complexity index is 467. The fraction of sp³-hybridized carbons (Fsp3) is 0.562. The molecule has 0 atom stereocenters. The molecule has 2 rings (SSSR count). The third-order valence-electron chi connectivity index (χ3n) is 4.16. The molecular formula is C16H23NO2. The summed E-state index contributed by atoms with van der Waals surface area (Å²) >= 11 is 0. The molecule has 1 saturated carbocycles. The van der Waals surface area contributed by atoms with E-state index in [2.05, 4.69) is 38.2 Å². The first-order chi connectivity index (χ1) is 8.94. The van der Waals surface area contributed by atoms with Crippen molar-refractivity contribution in [2.24, 2.45) is 5.41 Å². The molecule has 1 aliphatic rings. The van der Waals surface area contributed by atoms with Crippen LogP contribution in [0, 0.1) is 26.2 Å². The number of hydrogen-bond donors (Lipinski definition) is 2. The van der Waals surface area contributed by atoms with Gasteiger partial charge in [0.2, 0.25) is 0 Å².